The van der Waals surface area contributed by atoms with Gasteiger partial charge in [-0.05, 0) is 56.5 Å². The van der Waals surface area contributed by atoms with Crippen molar-refractivity contribution in [1.82, 2.24) is 20.3 Å². The van der Waals surface area contributed by atoms with Crippen LogP contribution in [0.1, 0.15) is 48.6 Å². The van der Waals surface area contributed by atoms with Gasteiger partial charge in [0, 0.05) is 52.6 Å². The third-order valence-corrected chi connectivity index (χ3v) is 7.79. The van der Waals surface area contributed by atoms with Gasteiger partial charge in [0.1, 0.15) is 11.7 Å². The first kappa shape index (κ1) is 19.9. The molecule has 2 unspecified atom stereocenters. The molecule has 2 aromatic heterocycles. The molecule has 5 heterocycles. The van der Waals surface area contributed by atoms with Gasteiger partial charge in [-0.3, -0.25) is 4.98 Å². The summed E-state index contributed by atoms with van der Waals surface area (Å²) in [5.74, 6) is 3.10. The molecule has 7 heteroatoms. The Kier molecular flexibility index (Phi) is 4.52. The summed E-state index contributed by atoms with van der Waals surface area (Å²) in [7, 11) is 0. The van der Waals surface area contributed by atoms with Crippen molar-refractivity contribution in [3.8, 4) is 0 Å². The molecule has 170 valence electrons. The molecule has 3 aliphatic heterocycles. The molecule has 1 saturated carbocycles. The van der Waals surface area contributed by atoms with Gasteiger partial charge in [0.2, 0.25) is 0 Å². The maximum atomic E-state index is 5.22. The van der Waals surface area contributed by atoms with Gasteiger partial charge in [-0.15, -0.1) is 0 Å². The molecule has 1 saturated heterocycles. The summed E-state index contributed by atoms with van der Waals surface area (Å²) in [5, 5.41) is 8.12. The minimum absolute atomic E-state index is 0.515. The summed E-state index contributed by atoms with van der Waals surface area (Å²) in [6.07, 6.45) is 12.3. The Morgan fingerprint density at radius 2 is 1.94 bits per heavy atom. The summed E-state index contributed by atoms with van der Waals surface area (Å²) >= 11 is 0. The fourth-order valence-corrected chi connectivity index (χ4v) is 6.12. The minimum atomic E-state index is 0.515. The molecule has 0 amide bonds. The van der Waals surface area contributed by atoms with Crippen LogP contribution < -0.4 is 15.5 Å². The summed E-state index contributed by atoms with van der Waals surface area (Å²) in [5.41, 5.74) is 5.38. The number of hydrogen-bond acceptors (Lipinski definition) is 6. The van der Waals surface area contributed by atoms with Crippen LogP contribution in [0.4, 0.5) is 11.5 Å². The van der Waals surface area contributed by atoms with E-state index in [1.807, 2.05) is 18.3 Å². The lowest BCUT2D eigenvalue weighted by Crippen LogP contribution is -2.56. The quantitative estimate of drug-likeness (QED) is 0.619. The van der Waals surface area contributed by atoms with Crippen LogP contribution >= 0.6 is 0 Å². The zero-order valence-electron chi connectivity index (χ0n) is 19.0. The molecule has 7 rings (SSSR count). The highest BCUT2D eigenvalue weighted by atomic mass is 15.3. The maximum absolute atomic E-state index is 5.22. The van der Waals surface area contributed by atoms with E-state index in [2.05, 4.69) is 56.5 Å². The van der Waals surface area contributed by atoms with Gasteiger partial charge in [0.15, 0.2) is 5.82 Å². The van der Waals surface area contributed by atoms with Crippen molar-refractivity contribution in [3.05, 3.63) is 66.4 Å². The van der Waals surface area contributed by atoms with E-state index >= 15 is 0 Å². The van der Waals surface area contributed by atoms with E-state index in [-0.39, 0.29) is 0 Å². The van der Waals surface area contributed by atoms with Gasteiger partial charge in [-0.1, -0.05) is 24.8 Å². The number of anilines is 2. The molecule has 2 fully saturated rings. The Hall–Kier alpha value is -3.58. The molecular weight excluding hydrogens is 422 g/mol. The normalized spacial score (nSPS) is 25.7. The number of nitrogens with one attached hydrogen (secondary N) is 2. The molecule has 3 aromatic rings. The lowest BCUT2D eigenvalue weighted by molar-refractivity contribution is 0.277. The Balaban J connectivity index is 1.42. The Morgan fingerprint density at radius 3 is 2.76 bits per heavy atom. The van der Waals surface area contributed by atoms with Crippen LogP contribution in [0.5, 0.6) is 0 Å². The zero-order valence-corrected chi connectivity index (χ0v) is 19.0. The molecule has 34 heavy (non-hydrogen) atoms. The van der Waals surface area contributed by atoms with Gasteiger partial charge in [-0.25, -0.2) is 15.0 Å². The highest BCUT2D eigenvalue weighted by molar-refractivity contribution is 6.37. The van der Waals surface area contributed by atoms with Gasteiger partial charge >= 0.3 is 0 Å². The molecule has 2 N–H and O–H groups in total. The third kappa shape index (κ3) is 2.93. The molecule has 0 bridgehead atoms. The number of nitrogens with zero attached hydrogens (tertiary/aromatic N) is 5. The third-order valence-electron chi connectivity index (χ3n) is 7.79. The van der Waals surface area contributed by atoms with Crippen molar-refractivity contribution in [2.45, 2.75) is 43.7 Å². The van der Waals surface area contributed by atoms with Crippen molar-refractivity contribution < 1.29 is 0 Å². The molecule has 2 atom stereocenters. The number of piperidine rings is 1. The van der Waals surface area contributed by atoms with Gasteiger partial charge in [0.05, 0.1) is 11.7 Å². The van der Waals surface area contributed by atoms with Crippen molar-refractivity contribution in [3.63, 3.8) is 0 Å². The van der Waals surface area contributed by atoms with Gasteiger partial charge in [-0.2, -0.15) is 0 Å². The van der Waals surface area contributed by atoms with E-state index in [9.17, 15) is 0 Å². The highest BCUT2D eigenvalue weighted by Crippen LogP contribution is 2.51. The Bertz CT molecular complexity index is 1370. The average Bonchev–Trinajstić information content (AvgIpc) is 3.18. The second kappa shape index (κ2) is 7.74. The highest BCUT2D eigenvalue weighted by Gasteiger charge is 2.45. The second-order valence-electron chi connectivity index (χ2n) is 9.56. The summed E-state index contributed by atoms with van der Waals surface area (Å²) in [6, 6.07) is 9.26. The van der Waals surface area contributed by atoms with Crippen molar-refractivity contribution >= 4 is 39.9 Å². The van der Waals surface area contributed by atoms with Crippen molar-refractivity contribution in [2.75, 3.05) is 23.3 Å². The van der Waals surface area contributed by atoms with E-state index in [4.69, 9.17) is 9.97 Å². The topological polar surface area (TPSA) is 78.3 Å². The first-order chi connectivity index (χ1) is 16.8. The van der Waals surface area contributed by atoms with Crippen LogP contribution in [-0.2, 0) is 0 Å². The number of para-hydroxylation sites is 1. The number of pyridine rings is 1. The smallest absolute Gasteiger partial charge is 0.155 e. The number of rotatable bonds is 3. The summed E-state index contributed by atoms with van der Waals surface area (Å²) < 4.78 is 0. The van der Waals surface area contributed by atoms with E-state index in [1.165, 1.54) is 23.8 Å². The first-order valence-electron chi connectivity index (χ1n) is 12.2. The molecule has 0 radical (unpaired) electrons. The molecule has 4 aliphatic rings. The summed E-state index contributed by atoms with van der Waals surface area (Å²) in [6.45, 7) is 5.92. The number of benzene rings is 1. The van der Waals surface area contributed by atoms with E-state index in [0.717, 1.165) is 59.9 Å². The lowest BCUT2D eigenvalue weighted by Gasteiger charge is -2.52. The number of fused-ring (bicyclic) bond motifs is 3. The molecular formula is C27H27N7. The number of aliphatic imine (C=N–C) groups is 1. The fourth-order valence-electron chi connectivity index (χ4n) is 6.12. The predicted octanol–water partition coefficient (Wildman–Crippen LogP) is 4.35. The second-order valence-corrected chi connectivity index (χ2v) is 9.56. The number of aromatic nitrogens is 3. The molecule has 1 aliphatic carbocycles. The van der Waals surface area contributed by atoms with Crippen molar-refractivity contribution in [1.29, 1.82) is 0 Å². The number of hydrogen-bond donors (Lipinski definition) is 2. The SMILES string of the molecule is C=CN=C1Nc2ccccc2C1=Cc1nc2c3c(cncc3n1)C1CCC1N2C1CCNCC1. The van der Waals surface area contributed by atoms with Gasteiger partial charge in [0.25, 0.3) is 0 Å². The molecule has 0 spiro atoms. The largest absolute Gasteiger partial charge is 0.349 e. The van der Waals surface area contributed by atoms with Crippen LogP contribution in [-0.4, -0.2) is 46.0 Å². The van der Waals surface area contributed by atoms with E-state index in [0.29, 0.717) is 23.8 Å². The van der Waals surface area contributed by atoms with Crippen LogP contribution in [0.2, 0.25) is 0 Å². The van der Waals surface area contributed by atoms with E-state index in [1.54, 1.807) is 6.20 Å². The molecule has 7 nitrogen and oxygen atoms in total. The first-order valence-corrected chi connectivity index (χ1v) is 12.2. The van der Waals surface area contributed by atoms with E-state index < -0.39 is 0 Å². The van der Waals surface area contributed by atoms with Crippen LogP contribution in [0.3, 0.4) is 0 Å². The van der Waals surface area contributed by atoms with Crippen molar-refractivity contribution in [2.24, 2.45) is 4.99 Å². The van der Waals surface area contributed by atoms with Crippen LogP contribution in [0, 0.1) is 0 Å². The van der Waals surface area contributed by atoms with Crippen LogP contribution in [0.25, 0.3) is 22.6 Å². The minimum Gasteiger partial charge on any atom is -0.349 e. The molecule has 1 aromatic carbocycles. The zero-order chi connectivity index (χ0) is 22.6. The lowest BCUT2D eigenvalue weighted by atomic mass is 9.70. The maximum Gasteiger partial charge on any atom is 0.155 e. The number of amidine groups is 1. The van der Waals surface area contributed by atoms with Crippen LogP contribution in [0.15, 0.2) is 54.4 Å². The Labute approximate surface area is 198 Å². The monoisotopic (exact) mass is 449 g/mol. The average molecular weight is 450 g/mol. The summed E-state index contributed by atoms with van der Waals surface area (Å²) in [4.78, 5) is 21.9. The standard InChI is InChI=1S/C27H27N7/c1-2-30-26-19(17-5-3-4-6-21(17)32-26)13-24-31-22-15-29-14-20-18-7-8-23(18)34(27(33-24)25(20)22)16-9-11-28-12-10-16/h2-6,13-16,18,23,28H,1,7-12H2,(H,30,32). The predicted molar refractivity (Wildman–Crippen MR) is 137 cm³/mol. The Morgan fingerprint density at radius 1 is 1.06 bits per heavy atom. The van der Waals surface area contributed by atoms with Gasteiger partial charge < -0.3 is 15.5 Å². The fraction of sp³-hybridized carbons (Fsp3) is 0.333.